The van der Waals surface area contributed by atoms with Crippen LogP contribution in [0.4, 0.5) is 11.6 Å². The molecule has 2 N–H and O–H groups in total. The van der Waals surface area contributed by atoms with Crippen molar-refractivity contribution in [1.82, 2.24) is 19.7 Å². The number of pyridine rings is 3. The van der Waals surface area contributed by atoms with Crippen LogP contribution in [0, 0.1) is 5.92 Å². The quantitative estimate of drug-likeness (QED) is 0.367. The molecule has 2 atom stereocenters. The van der Waals surface area contributed by atoms with Crippen molar-refractivity contribution in [3.8, 4) is 0 Å². The molecule has 6 rings (SSSR count). The SMILES string of the molecule is CC1(C)CCCc2cc3c(nc21)N1C[C@@H](CCC(c2ccccn2)Nc2cccc(n2)S(=O)(=O)NC3=O)CC1(C)C.Cl. The van der Waals surface area contributed by atoms with E-state index in [1.807, 2.05) is 24.3 Å². The van der Waals surface area contributed by atoms with Gasteiger partial charge in [0.15, 0.2) is 5.03 Å². The summed E-state index contributed by atoms with van der Waals surface area (Å²) in [6.45, 7) is 9.49. The number of nitrogens with zero attached hydrogens (tertiary/aromatic N) is 4. The maximum absolute atomic E-state index is 13.8. The van der Waals surface area contributed by atoms with Crippen molar-refractivity contribution in [2.75, 3.05) is 16.8 Å². The van der Waals surface area contributed by atoms with E-state index in [1.165, 1.54) is 6.07 Å². The highest BCUT2D eigenvalue weighted by Crippen LogP contribution is 2.43. The molecule has 224 valence electrons. The van der Waals surface area contributed by atoms with Gasteiger partial charge < -0.3 is 10.2 Å². The van der Waals surface area contributed by atoms with Gasteiger partial charge in [0, 0.05) is 23.7 Å². The Bertz CT molecular complexity index is 1600. The van der Waals surface area contributed by atoms with E-state index in [4.69, 9.17) is 4.98 Å². The molecular formula is C31H39ClN6O3S. The van der Waals surface area contributed by atoms with Gasteiger partial charge in [-0.1, -0.05) is 26.0 Å². The lowest BCUT2D eigenvalue weighted by Crippen LogP contribution is -2.42. The lowest BCUT2D eigenvalue weighted by atomic mass is 9.75. The van der Waals surface area contributed by atoms with E-state index < -0.39 is 15.9 Å². The summed E-state index contributed by atoms with van der Waals surface area (Å²) in [7, 11) is -4.25. The Hall–Kier alpha value is -3.24. The van der Waals surface area contributed by atoms with Crippen molar-refractivity contribution < 1.29 is 13.2 Å². The molecule has 3 aromatic rings. The van der Waals surface area contributed by atoms with Crippen LogP contribution in [0.3, 0.4) is 0 Å². The van der Waals surface area contributed by atoms with Gasteiger partial charge in [-0.25, -0.2) is 14.7 Å². The zero-order valence-electron chi connectivity index (χ0n) is 24.6. The largest absolute Gasteiger partial charge is 0.362 e. The summed E-state index contributed by atoms with van der Waals surface area (Å²) in [5, 5.41) is 3.20. The topological polar surface area (TPSA) is 117 Å². The third-order valence-electron chi connectivity index (χ3n) is 8.89. The minimum atomic E-state index is -4.25. The van der Waals surface area contributed by atoms with E-state index in [9.17, 15) is 13.2 Å². The number of halogens is 1. The zero-order valence-corrected chi connectivity index (χ0v) is 26.2. The maximum atomic E-state index is 13.8. The summed E-state index contributed by atoms with van der Waals surface area (Å²) in [5.41, 5.74) is 2.79. The minimum absolute atomic E-state index is 0. The first-order valence-electron chi connectivity index (χ1n) is 14.5. The number of nitrogens with one attached hydrogen (secondary N) is 2. The molecule has 2 aliphatic heterocycles. The third kappa shape index (κ3) is 5.71. The number of aromatic nitrogens is 3. The third-order valence-corrected chi connectivity index (χ3v) is 10.1. The number of sulfonamides is 1. The fourth-order valence-corrected chi connectivity index (χ4v) is 7.75. The van der Waals surface area contributed by atoms with E-state index >= 15 is 0 Å². The fourth-order valence-electron chi connectivity index (χ4n) is 6.82. The summed E-state index contributed by atoms with van der Waals surface area (Å²) in [6, 6.07) is 12.3. The second-order valence-corrected chi connectivity index (χ2v) is 14.6. The van der Waals surface area contributed by atoms with E-state index in [1.54, 1.807) is 18.3 Å². The van der Waals surface area contributed by atoms with Gasteiger partial charge in [-0.15, -0.1) is 12.4 Å². The van der Waals surface area contributed by atoms with Crippen LogP contribution in [-0.4, -0.2) is 41.4 Å². The average molecular weight is 611 g/mol. The van der Waals surface area contributed by atoms with Gasteiger partial charge in [0.2, 0.25) is 0 Å². The number of amides is 1. The first kappa shape index (κ1) is 30.2. The number of hydrogen-bond acceptors (Lipinski definition) is 8. The van der Waals surface area contributed by atoms with Crippen LogP contribution in [0.2, 0.25) is 0 Å². The van der Waals surface area contributed by atoms with Crippen LogP contribution in [-0.2, 0) is 21.9 Å². The second-order valence-electron chi connectivity index (χ2n) is 12.9. The first-order chi connectivity index (χ1) is 19.4. The molecule has 1 fully saturated rings. The summed E-state index contributed by atoms with van der Waals surface area (Å²) in [5.74, 6) is 0.653. The van der Waals surface area contributed by atoms with Crippen LogP contribution in [0.5, 0.6) is 0 Å². The maximum Gasteiger partial charge on any atom is 0.281 e. The van der Waals surface area contributed by atoms with Crippen LogP contribution < -0.4 is 14.9 Å². The summed E-state index contributed by atoms with van der Waals surface area (Å²) in [4.78, 5) is 30.2. The number of rotatable bonds is 1. The average Bonchev–Trinajstić information content (AvgIpc) is 3.24. The van der Waals surface area contributed by atoms with Gasteiger partial charge in [0.1, 0.15) is 11.6 Å². The van der Waals surface area contributed by atoms with Crippen LogP contribution in [0.15, 0.2) is 53.7 Å². The van der Waals surface area contributed by atoms with Crippen LogP contribution in [0.25, 0.3) is 0 Å². The van der Waals surface area contributed by atoms with Gasteiger partial charge in [-0.3, -0.25) is 9.78 Å². The molecule has 0 aromatic carbocycles. The van der Waals surface area contributed by atoms with Crippen molar-refractivity contribution in [3.63, 3.8) is 0 Å². The zero-order chi connectivity index (χ0) is 29.0. The lowest BCUT2D eigenvalue weighted by molar-refractivity contribution is 0.0981. The van der Waals surface area contributed by atoms with E-state index in [0.717, 1.165) is 62.0 Å². The Labute approximate surface area is 254 Å². The number of hydrogen-bond donors (Lipinski definition) is 2. The highest BCUT2D eigenvalue weighted by molar-refractivity contribution is 7.90. The van der Waals surface area contributed by atoms with Crippen molar-refractivity contribution in [2.45, 2.75) is 88.2 Å². The Balaban J connectivity index is 0.00000353. The van der Waals surface area contributed by atoms with Crippen molar-refractivity contribution >= 4 is 40.0 Å². The number of anilines is 2. The number of carbonyl (C=O) groups excluding carboxylic acids is 1. The number of aryl methyl sites for hydroxylation is 1. The molecule has 1 unspecified atom stereocenters. The summed E-state index contributed by atoms with van der Waals surface area (Å²) < 4.78 is 29.3. The van der Waals surface area contributed by atoms with Gasteiger partial charge in [-0.05, 0) is 94.2 Å². The van der Waals surface area contributed by atoms with Gasteiger partial charge >= 0.3 is 0 Å². The lowest BCUT2D eigenvalue weighted by Gasteiger charge is -2.37. The molecule has 11 heteroatoms. The van der Waals surface area contributed by atoms with E-state index in [-0.39, 0.29) is 34.4 Å². The molecule has 0 spiro atoms. The predicted molar refractivity (Wildman–Crippen MR) is 166 cm³/mol. The fraction of sp³-hybridized carbons (Fsp3) is 0.484. The van der Waals surface area contributed by atoms with Crippen molar-refractivity contribution in [2.24, 2.45) is 5.92 Å². The van der Waals surface area contributed by atoms with E-state index in [0.29, 0.717) is 23.1 Å². The normalized spacial score (nSPS) is 24.0. The number of fused-ring (bicyclic) bond motifs is 7. The Morgan fingerprint density at radius 2 is 1.83 bits per heavy atom. The molecule has 3 aliphatic rings. The van der Waals surface area contributed by atoms with Gasteiger partial charge in [0.25, 0.3) is 15.9 Å². The summed E-state index contributed by atoms with van der Waals surface area (Å²) >= 11 is 0. The Morgan fingerprint density at radius 1 is 1.02 bits per heavy atom. The first-order valence-corrected chi connectivity index (χ1v) is 15.9. The molecule has 42 heavy (non-hydrogen) atoms. The van der Waals surface area contributed by atoms with Gasteiger partial charge in [0.05, 0.1) is 23.0 Å². The Morgan fingerprint density at radius 3 is 2.60 bits per heavy atom. The van der Waals surface area contributed by atoms with Crippen LogP contribution >= 0.6 is 12.4 Å². The summed E-state index contributed by atoms with van der Waals surface area (Å²) in [6.07, 6.45) is 7.23. The molecule has 1 aliphatic carbocycles. The van der Waals surface area contributed by atoms with Crippen LogP contribution in [0.1, 0.15) is 93.2 Å². The molecule has 0 saturated carbocycles. The Kier molecular flexibility index (Phi) is 8.00. The molecule has 5 heterocycles. The standard InChI is InChI=1S/C31H38N6O3S.ClH/c1-30(2)15-8-9-21-17-22-28(35-27(21)30)37-19-20(18-31(37,3)4)13-14-24(23-10-5-6-16-32-23)33-25-11-7-12-26(34-25)41(39,40)36-29(22)38;/h5-7,10-12,16-17,20,24H,8-9,13-15,18-19H2,1-4H3,(H,33,34)(H,36,38);1H/t20-,24?;/m0./s1. The highest BCUT2D eigenvalue weighted by atomic mass is 35.5. The second kappa shape index (κ2) is 11.1. The smallest absolute Gasteiger partial charge is 0.281 e. The molecule has 1 amide bonds. The molecule has 0 radical (unpaired) electrons. The monoisotopic (exact) mass is 610 g/mol. The minimum Gasteiger partial charge on any atom is -0.362 e. The number of carbonyl (C=O) groups is 1. The molecule has 3 aromatic heterocycles. The van der Waals surface area contributed by atoms with E-state index in [2.05, 4.69) is 52.6 Å². The van der Waals surface area contributed by atoms with Crippen molar-refractivity contribution in [3.05, 3.63) is 71.2 Å². The van der Waals surface area contributed by atoms with Crippen molar-refractivity contribution in [1.29, 1.82) is 0 Å². The molecular weight excluding hydrogens is 572 g/mol. The van der Waals surface area contributed by atoms with Gasteiger partial charge in [-0.2, -0.15) is 8.42 Å². The predicted octanol–water partition coefficient (Wildman–Crippen LogP) is 5.58. The molecule has 4 bridgehead atoms. The highest BCUT2D eigenvalue weighted by Gasteiger charge is 2.42. The molecule has 1 saturated heterocycles. The molecule has 9 nitrogen and oxygen atoms in total.